The van der Waals surface area contributed by atoms with Crippen LogP contribution in [0.1, 0.15) is 28.5 Å². The molecule has 1 aromatic carbocycles. The zero-order valence-electron chi connectivity index (χ0n) is 12.1. The van der Waals surface area contributed by atoms with Gasteiger partial charge in [-0.2, -0.15) is 0 Å². The Kier molecular flexibility index (Phi) is 3.94. The van der Waals surface area contributed by atoms with E-state index in [2.05, 4.69) is 9.88 Å². The number of nitrogens with zero attached hydrogens (tertiary/aromatic N) is 2. The lowest BCUT2D eigenvalue weighted by atomic mass is 10.2. The highest BCUT2D eigenvalue weighted by molar-refractivity contribution is 7.89. The molecular weight excluding hydrogens is 322 g/mol. The molecule has 8 heteroatoms. The Balaban J connectivity index is 1.86. The van der Waals surface area contributed by atoms with E-state index >= 15 is 0 Å². The van der Waals surface area contributed by atoms with Crippen molar-refractivity contribution >= 4 is 27.0 Å². The number of hydrogen-bond donors (Lipinski definition) is 2. The minimum atomic E-state index is -3.70. The van der Waals surface area contributed by atoms with Crippen molar-refractivity contribution in [2.24, 2.45) is 5.14 Å². The SMILES string of the molecule is CC(O)c1ncc(CN2CCc3ccc(S(N)(=O)=O)cc32)s1. The Morgan fingerprint density at radius 3 is 2.91 bits per heavy atom. The molecule has 0 fully saturated rings. The predicted molar refractivity (Wildman–Crippen MR) is 85.3 cm³/mol. The molecule has 22 heavy (non-hydrogen) atoms. The van der Waals surface area contributed by atoms with Crippen molar-refractivity contribution in [3.63, 3.8) is 0 Å². The van der Waals surface area contributed by atoms with Gasteiger partial charge in [0.1, 0.15) is 11.1 Å². The number of thiazole rings is 1. The zero-order valence-corrected chi connectivity index (χ0v) is 13.7. The first-order valence-corrected chi connectivity index (χ1v) is 9.24. The second kappa shape index (κ2) is 5.62. The van der Waals surface area contributed by atoms with Crippen LogP contribution < -0.4 is 10.0 Å². The minimum Gasteiger partial charge on any atom is -0.386 e. The summed E-state index contributed by atoms with van der Waals surface area (Å²) in [5.74, 6) is 0. The average molecular weight is 339 g/mol. The Morgan fingerprint density at radius 1 is 1.50 bits per heavy atom. The topological polar surface area (TPSA) is 96.5 Å². The molecule has 0 amide bonds. The fourth-order valence-corrected chi connectivity index (χ4v) is 3.95. The third-order valence-electron chi connectivity index (χ3n) is 3.65. The van der Waals surface area contributed by atoms with E-state index in [1.807, 2.05) is 6.07 Å². The summed E-state index contributed by atoms with van der Waals surface area (Å²) in [6.45, 7) is 3.16. The van der Waals surface area contributed by atoms with Crippen molar-refractivity contribution < 1.29 is 13.5 Å². The van der Waals surface area contributed by atoms with Gasteiger partial charge in [-0.3, -0.25) is 0 Å². The van der Waals surface area contributed by atoms with Gasteiger partial charge in [0.25, 0.3) is 0 Å². The second-order valence-electron chi connectivity index (χ2n) is 5.35. The molecule has 2 aromatic rings. The maximum Gasteiger partial charge on any atom is 0.238 e. The standard InChI is InChI=1S/C14H17N3O3S2/c1-9(18)14-16-7-11(21-14)8-17-5-4-10-2-3-12(6-13(10)17)22(15,19)20/h2-3,6-7,9,18H,4-5,8H2,1H3,(H2,15,19,20). The summed E-state index contributed by atoms with van der Waals surface area (Å²) in [7, 11) is -3.70. The molecule has 6 nitrogen and oxygen atoms in total. The summed E-state index contributed by atoms with van der Waals surface area (Å²) in [5.41, 5.74) is 2.02. The molecule has 0 saturated heterocycles. The number of aromatic nitrogens is 1. The van der Waals surface area contributed by atoms with E-state index in [0.717, 1.165) is 29.1 Å². The predicted octanol–water partition coefficient (Wildman–Crippen LogP) is 1.41. The fourth-order valence-electron chi connectivity index (χ4n) is 2.54. The molecule has 1 aliphatic heterocycles. The number of aliphatic hydroxyl groups is 1. The first kappa shape index (κ1) is 15.4. The Bertz CT molecular complexity index is 799. The van der Waals surface area contributed by atoms with Gasteiger partial charge in [-0.25, -0.2) is 18.5 Å². The normalized spacial score (nSPS) is 15.9. The van der Waals surface area contributed by atoms with Crippen molar-refractivity contribution in [2.45, 2.75) is 30.9 Å². The number of aliphatic hydroxyl groups excluding tert-OH is 1. The van der Waals surface area contributed by atoms with Crippen LogP contribution in [0.4, 0.5) is 5.69 Å². The molecule has 0 radical (unpaired) electrons. The van der Waals surface area contributed by atoms with Gasteiger partial charge in [0.15, 0.2) is 0 Å². The van der Waals surface area contributed by atoms with E-state index in [1.54, 1.807) is 25.3 Å². The fraction of sp³-hybridized carbons (Fsp3) is 0.357. The van der Waals surface area contributed by atoms with Gasteiger partial charge in [0, 0.05) is 23.3 Å². The van der Waals surface area contributed by atoms with Crippen LogP contribution in [0.25, 0.3) is 0 Å². The molecule has 1 aliphatic rings. The van der Waals surface area contributed by atoms with Gasteiger partial charge in [-0.1, -0.05) is 6.07 Å². The zero-order chi connectivity index (χ0) is 15.9. The minimum absolute atomic E-state index is 0.132. The smallest absolute Gasteiger partial charge is 0.238 e. The third kappa shape index (κ3) is 3.00. The highest BCUT2D eigenvalue weighted by Gasteiger charge is 2.22. The number of hydrogen-bond acceptors (Lipinski definition) is 6. The van der Waals surface area contributed by atoms with E-state index in [4.69, 9.17) is 5.14 Å². The summed E-state index contributed by atoms with van der Waals surface area (Å²) >= 11 is 1.47. The van der Waals surface area contributed by atoms with Crippen LogP contribution in [-0.2, 0) is 23.0 Å². The molecular formula is C14H17N3O3S2. The van der Waals surface area contributed by atoms with Crippen LogP contribution in [-0.4, -0.2) is 25.1 Å². The van der Waals surface area contributed by atoms with Crippen LogP contribution in [0.3, 0.4) is 0 Å². The maximum atomic E-state index is 11.5. The molecule has 1 aromatic heterocycles. The van der Waals surface area contributed by atoms with Gasteiger partial charge >= 0.3 is 0 Å². The number of fused-ring (bicyclic) bond motifs is 1. The number of rotatable bonds is 4. The molecule has 118 valence electrons. The van der Waals surface area contributed by atoms with Gasteiger partial charge in [0.2, 0.25) is 10.0 Å². The number of sulfonamides is 1. The summed E-state index contributed by atoms with van der Waals surface area (Å²) in [4.78, 5) is 7.47. The van der Waals surface area contributed by atoms with E-state index in [9.17, 15) is 13.5 Å². The highest BCUT2D eigenvalue weighted by atomic mass is 32.2. The third-order valence-corrected chi connectivity index (χ3v) is 5.72. The van der Waals surface area contributed by atoms with Crippen LogP contribution in [0.15, 0.2) is 29.3 Å². The van der Waals surface area contributed by atoms with Crippen molar-refractivity contribution in [2.75, 3.05) is 11.4 Å². The molecule has 0 bridgehead atoms. The van der Waals surface area contributed by atoms with Crippen molar-refractivity contribution in [1.82, 2.24) is 4.98 Å². The first-order chi connectivity index (χ1) is 10.3. The number of anilines is 1. The molecule has 0 aliphatic carbocycles. The van der Waals surface area contributed by atoms with E-state index in [-0.39, 0.29) is 4.90 Å². The molecule has 3 N–H and O–H groups in total. The average Bonchev–Trinajstić information content (AvgIpc) is 3.05. The van der Waals surface area contributed by atoms with E-state index in [0.29, 0.717) is 11.6 Å². The largest absolute Gasteiger partial charge is 0.386 e. The highest BCUT2D eigenvalue weighted by Crippen LogP contribution is 2.32. The monoisotopic (exact) mass is 339 g/mol. The van der Waals surface area contributed by atoms with Gasteiger partial charge in [-0.15, -0.1) is 11.3 Å². The van der Waals surface area contributed by atoms with Crippen LogP contribution >= 0.6 is 11.3 Å². The van der Waals surface area contributed by atoms with Crippen LogP contribution in [0.5, 0.6) is 0 Å². The maximum absolute atomic E-state index is 11.5. The number of nitrogens with two attached hydrogens (primary N) is 1. The van der Waals surface area contributed by atoms with Crippen molar-refractivity contribution in [3.8, 4) is 0 Å². The van der Waals surface area contributed by atoms with Gasteiger partial charge < -0.3 is 10.0 Å². The lowest BCUT2D eigenvalue weighted by Crippen LogP contribution is -2.19. The molecule has 2 heterocycles. The van der Waals surface area contributed by atoms with Crippen LogP contribution in [0, 0.1) is 0 Å². The Labute approximate surface area is 133 Å². The van der Waals surface area contributed by atoms with E-state index in [1.165, 1.54) is 11.3 Å². The first-order valence-electron chi connectivity index (χ1n) is 6.88. The molecule has 1 atom stereocenters. The lowest BCUT2D eigenvalue weighted by molar-refractivity contribution is 0.199. The van der Waals surface area contributed by atoms with Crippen LogP contribution in [0.2, 0.25) is 0 Å². The quantitative estimate of drug-likeness (QED) is 0.878. The van der Waals surface area contributed by atoms with Gasteiger partial charge in [-0.05, 0) is 31.0 Å². The summed E-state index contributed by atoms with van der Waals surface area (Å²) < 4.78 is 23.0. The summed E-state index contributed by atoms with van der Waals surface area (Å²) in [6.07, 6.45) is 2.06. The molecule has 1 unspecified atom stereocenters. The van der Waals surface area contributed by atoms with Crippen molar-refractivity contribution in [3.05, 3.63) is 39.8 Å². The summed E-state index contributed by atoms with van der Waals surface area (Å²) in [6, 6.07) is 5.01. The Hall–Kier alpha value is -1.48. The van der Waals surface area contributed by atoms with E-state index < -0.39 is 16.1 Å². The molecule has 0 spiro atoms. The lowest BCUT2D eigenvalue weighted by Gasteiger charge is -2.18. The summed E-state index contributed by atoms with van der Waals surface area (Å²) in [5, 5.41) is 15.4. The number of benzene rings is 1. The molecule has 3 rings (SSSR count). The van der Waals surface area contributed by atoms with Gasteiger partial charge in [0.05, 0.1) is 11.4 Å². The number of primary sulfonamides is 1. The molecule has 0 saturated carbocycles. The van der Waals surface area contributed by atoms with Crippen molar-refractivity contribution in [1.29, 1.82) is 0 Å². The second-order valence-corrected chi connectivity index (χ2v) is 8.06. The Morgan fingerprint density at radius 2 is 2.27 bits per heavy atom.